The Labute approximate surface area is 143 Å². The molecule has 124 valence electrons. The SMILES string of the molecule is COc1ccc(/C=N\NC(=O)c2ccc(C)cc2Cl)cc1[N+](=O)[O-]. The lowest BCUT2D eigenvalue weighted by atomic mass is 10.1. The summed E-state index contributed by atoms with van der Waals surface area (Å²) in [7, 11) is 1.35. The van der Waals surface area contributed by atoms with E-state index in [2.05, 4.69) is 10.5 Å². The van der Waals surface area contributed by atoms with Crippen LogP contribution in [-0.4, -0.2) is 24.2 Å². The van der Waals surface area contributed by atoms with Crippen molar-refractivity contribution >= 4 is 29.4 Å². The van der Waals surface area contributed by atoms with Crippen LogP contribution < -0.4 is 10.2 Å². The monoisotopic (exact) mass is 347 g/mol. The van der Waals surface area contributed by atoms with Crippen molar-refractivity contribution in [1.82, 2.24) is 5.43 Å². The lowest BCUT2D eigenvalue weighted by molar-refractivity contribution is -0.385. The molecule has 7 nitrogen and oxygen atoms in total. The maximum Gasteiger partial charge on any atom is 0.311 e. The molecule has 0 aromatic heterocycles. The summed E-state index contributed by atoms with van der Waals surface area (Å²) in [4.78, 5) is 22.4. The van der Waals surface area contributed by atoms with Gasteiger partial charge in [-0.3, -0.25) is 14.9 Å². The highest BCUT2D eigenvalue weighted by Gasteiger charge is 2.14. The smallest absolute Gasteiger partial charge is 0.311 e. The number of nitrogens with zero attached hydrogens (tertiary/aromatic N) is 2. The predicted octanol–water partition coefficient (Wildman–Crippen LogP) is 3.33. The zero-order valence-corrected chi connectivity index (χ0v) is 13.7. The maximum absolute atomic E-state index is 12.0. The molecule has 0 unspecified atom stereocenters. The number of carbonyl (C=O) groups is 1. The molecule has 0 saturated heterocycles. The fourth-order valence-electron chi connectivity index (χ4n) is 1.96. The third-order valence-electron chi connectivity index (χ3n) is 3.15. The number of nitrogens with one attached hydrogen (secondary N) is 1. The zero-order chi connectivity index (χ0) is 17.7. The van der Waals surface area contributed by atoms with E-state index in [1.165, 1.54) is 25.5 Å². The Morgan fingerprint density at radius 3 is 2.71 bits per heavy atom. The molecule has 0 bridgehead atoms. The van der Waals surface area contributed by atoms with Crippen molar-refractivity contribution in [3.63, 3.8) is 0 Å². The lowest BCUT2D eigenvalue weighted by Gasteiger charge is -2.04. The van der Waals surface area contributed by atoms with Crippen LogP contribution in [0.4, 0.5) is 5.69 Å². The molecule has 0 fully saturated rings. The number of hydrazone groups is 1. The van der Waals surface area contributed by atoms with Crippen molar-refractivity contribution in [2.75, 3.05) is 7.11 Å². The average Bonchev–Trinajstić information content (AvgIpc) is 2.54. The third-order valence-corrected chi connectivity index (χ3v) is 3.46. The van der Waals surface area contributed by atoms with Gasteiger partial charge < -0.3 is 4.74 Å². The van der Waals surface area contributed by atoms with E-state index in [4.69, 9.17) is 16.3 Å². The molecule has 0 spiro atoms. The summed E-state index contributed by atoms with van der Waals surface area (Å²) in [6.45, 7) is 1.86. The molecular weight excluding hydrogens is 334 g/mol. The fraction of sp³-hybridized carbons (Fsp3) is 0.125. The van der Waals surface area contributed by atoms with Gasteiger partial charge in [0.15, 0.2) is 5.75 Å². The Hall–Kier alpha value is -2.93. The molecule has 24 heavy (non-hydrogen) atoms. The molecule has 0 aliphatic heterocycles. The fourth-order valence-corrected chi connectivity index (χ4v) is 2.28. The second-order valence-electron chi connectivity index (χ2n) is 4.87. The van der Waals surface area contributed by atoms with Gasteiger partial charge in [0, 0.05) is 11.6 Å². The predicted molar refractivity (Wildman–Crippen MR) is 90.9 cm³/mol. The van der Waals surface area contributed by atoms with Crippen molar-refractivity contribution in [1.29, 1.82) is 0 Å². The van der Waals surface area contributed by atoms with Crippen molar-refractivity contribution in [3.05, 3.63) is 68.2 Å². The van der Waals surface area contributed by atoms with Gasteiger partial charge in [-0.05, 0) is 36.8 Å². The van der Waals surface area contributed by atoms with Crippen molar-refractivity contribution in [2.24, 2.45) is 5.10 Å². The van der Waals surface area contributed by atoms with E-state index in [1.807, 2.05) is 6.92 Å². The van der Waals surface area contributed by atoms with E-state index in [9.17, 15) is 14.9 Å². The van der Waals surface area contributed by atoms with E-state index in [0.717, 1.165) is 5.56 Å². The third kappa shape index (κ3) is 4.08. The highest BCUT2D eigenvalue weighted by atomic mass is 35.5. The molecule has 1 amide bonds. The lowest BCUT2D eigenvalue weighted by Crippen LogP contribution is -2.18. The minimum atomic E-state index is -0.555. The number of benzene rings is 2. The van der Waals surface area contributed by atoms with Crippen LogP contribution in [0, 0.1) is 17.0 Å². The number of methoxy groups -OCH3 is 1. The maximum atomic E-state index is 12.0. The molecule has 2 rings (SSSR count). The molecule has 2 aromatic rings. The summed E-state index contributed by atoms with van der Waals surface area (Å²) in [5.74, 6) is -0.327. The number of halogens is 1. The summed E-state index contributed by atoms with van der Waals surface area (Å²) in [6, 6.07) is 9.37. The Bertz CT molecular complexity index is 821. The molecule has 1 N–H and O–H groups in total. The number of amides is 1. The van der Waals surface area contributed by atoms with Crippen LogP contribution in [0.3, 0.4) is 0 Å². The van der Waals surface area contributed by atoms with Gasteiger partial charge in [0.05, 0.1) is 28.8 Å². The number of rotatable bonds is 5. The summed E-state index contributed by atoms with van der Waals surface area (Å²) >= 11 is 6.01. The molecule has 8 heteroatoms. The van der Waals surface area contributed by atoms with Gasteiger partial charge in [0.25, 0.3) is 5.91 Å². The normalized spacial score (nSPS) is 10.6. The summed E-state index contributed by atoms with van der Waals surface area (Å²) in [5, 5.41) is 15.1. The number of hydrogen-bond donors (Lipinski definition) is 1. The Balaban J connectivity index is 2.12. The van der Waals surface area contributed by atoms with Crippen molar-refractivity contribution in [3.8, 4) is 5.75 Å². The summed E-state index contributed by atoms with van der Waals surface area (Å²) < 4.78 is 4.91. The molecule has 0 atom stereocenters. The van der Waals surface area contributed by atoms with Gasteiger partial charge in [-0.1, -0.05) is 17.7 Å². The number of aryl methyl sites for hydroxylation is 1. The minimum Gasteiger partial charge on any atom is -0.490 e. The average molecular weight is 348 g/mol. The molecule has 0 saturated carbocycles. The van der Waals surface area contributed by atoms with E-state index < -0.39 is 10.8 Å². The Kier molecular flexibility index (Phi) is 5.49. The van der Waals surface area contributed by atoms with Crippen LogP contribution in [0.1, 0.15) is 21.5 Å². The van der Waals surface area contributed by atoms with E-state index in [1.54, 1.807) is 24.3 Å². The van der Waals surface area contributed by atoms with Crippen LogP contribution in [-0.2, 0) is 0 Å². The van der Waals surface area contributed by atoms with E-state index in [-0.39, 0.29) is 11.4 Å². The highest BCUT2D eigenvalue weighted by molar-refractivity contribution is 6.33. The standard InChI is InChI=1S/C16H14ClN3O4/c1-10-3-5-12(13(17)7-10)16(21)19-18-9-11-4-6-15(24-2)14(8-11)20(22)23/h3-9H,1-2H3,(H,19,21)/b18-9-. The minimum absolute atomic E-state index is 0.146. The Morgan fingerprint density at radius 1 is 1.33 bits per heavy atom. The first-order valence-corrected chi connectivity index (χ1v) is 7.22. The molecule has 2 aromatic carbocycles. The Morgan fingerprint density at radius 2 is 2.08 bits per heavy atom. The first-order valence-electron chi connectivity index (χ1n) is 6.84. The first kappa shape index (κ1) is 17.4. The van der Waals surface area contributed by atoms with Gasteiger partial charge >= 0.3 is 5.69 Å². The molecule has 0 aliphatic carbocycles. The molecule has 0 radical (unpaired) electrons. The summed E-state index contributed by atoms with van der Waals surface area (Å²) in [6.07, 6.45) is 1.30. The van der Waals surface area contributed by atoms with Gasteiger partial charge in [-0.25, -0.2) is 5.43 Å². The van der Waals surface area contributed by atoms with Crippen molar-refractivity contribution < 1.29 is 14.5 Å². The van der Waals surface area contributed by atoms with Gasteiger partial charge in [0.1, 0.15) is 0 Å². The van der Waals surface area contributed by atoms with Gasteiger partial charge in [0.2, 0.25) is 0 Å². The molecular formula is C16H14ClN3O4. The number of carbonyl (C=O) groups excluding carboxylic acids is 1. The molecule has 0 aliphatic rings. The van der Waals surface area contributed by atoms with Crippen molar-refractivity contribution in [2.45, 2.75) is 6.92 Å². The summed E-state index contributed by atoms with van der Waals surface area (Å²) in [5.41, 5.74) is 3.81. The quantitative estimate of drug-likeness (QED) is 0.510. The molecule has 0 heterocycles. The zero-order valence-electron chi connectivity index (χ0n) is 12.9. The van der Waals surface area contributed by atoms with Crippen LogP contribution in [0.5, 0.6) is 5.75 Å². The van der Waals surface area contributed by atoms with E-state index in [0.29, 0.717) is 16.1 Å². The van der Waals surface area contributed by atoms with E-state index >= 15 is 0 Å². The second kappa shape index (κ2) is 7.56. The highest BCUT2D eigenvalue weighted by Crippen LogP contribution is 2.26. The second-order valence-corrected chi connectivity index (χ2v) is 5.28. The number of ether oxygens (including phenoxy) is 1. The number of nitro groups is 1. The first-order chi connectivity index (χ1) is 11.4. The van der Waals surface area contributed by atoms with Gasteiger partial charge in [-0.15, -0.1) is 0 Å². The van der Waals surface area contributed by atoms with Crippen LogP contribution in [0.15, 0.2) is 41.5 Å². The van der Waals surface area contributed by atoms with Crippen LogP contribution in [0.25, 0.3) is 0 Å². The van der Waals surface area contributed by atoms with Crippen LogP contribution in [0.2, 0.25) is 5.02 Å². The topological polar surface area (TPSA) is 93.8 Å². The van der Waals surface area contributed by atoms with Crippen LogP contribution >= 0.6 is 11.6 Å². The number of hydrogen-bond acceptors (Lipinski definition) is 5. The number of nitro benzene ring substituents is 1. The van der Waals surface area contributed by atoms with Gasteiger partial charge in [-0.2, -0.15) is 5.10 Å². The largest absolute Gasteiger partial charge is 0.490 e.